The van der Waals surface area contributed by atoms with Gasteiger partial charge in [-0.05, 0) is 32.0 Å². The first-order valence-corrected chi connectivity index (χ1v) is 6.25. The van der Waals surface area contributed by atoms with Gasteiger partial charge < -0.3 is 15.8 Å². The first-order chi connectivity index (χ1) is 9.43. The molecular weight excluding hydrogens is 256 g/mol. The molecule has 2 rings (SSSR count). The van der Waals surface area contributed by atoms with Gasteiger partial charge in [0.05, 0.1) is 17.7 Å². The van der Waals surface area contributed by atoms with E-state index in [1.54, 1.807) is 25.4 Å². The second-order valence-electron chi connectivity index (χ2n) is 5.24. The maximum absolute atomic E-state index is 12.3. The number of nitrogens with two attached hydrogens (primary N) is 1. The average molecular weight is 274 g/mol. The van der Waals surface area contributed by atoms with Crippen molar-refractivity contribution < 1.29 is 9.53 Å². The van der Waals surface area contributed by atoms with Crippen molar-refractivity contribution in [2.45, 2.75) is 19.4 Å². The van der Waals surface area contributed by atoms with Crippen molar-refractivity contribution >= 4 is 22.8 Å². The van der Waals surface area contributed by atoms with Gasteiger partial charge in [-0.2, -0.15) is 0 Å². The van der Waals surface area contributed by atoms with Gasteiger partial charge in [-0.15, -0.1) is 0 Å². The van der Waals surface area contributed by atoms with Crippen LogP contribution in [0.3, 0.4) is 0 Å². The molecule has 6 heteroatoms. The summed E-state index contributed by atoms with van der Waals surface area (Å²) in [6.07, 6.45) is 1.64. The van der Waals surface area contributed by atoms with Gasteiger partial charge >= 0.3 is 0 Å². The predicted octanol–water partition coefficient (Wildman–Crippen LogP) is 1.37. The van der Waals surface area contributed by atoms with Gasteiger partial charge in [0, 0.05) is 18.7 Å². The Bertz CT molecular complexity index is 640. The highest BCUT2D eigenvalue weighted by Gasteiger charge is 2.22. The van der Waals surface area contributed by atoms with Crippen molar-refractivity contribution in [3.8, 4) is 0 Å². The number of amides is 1. The third-order valence-corrected chi connectivity index (χ3v) is 2.82. The van der Waals surface area contributed by atoms with E-state index in [0.717, 1.165) is 5.39 Å². The zero-order valence-electron chi connectivity index (χ0n) is 11.8. The fraction of sp³-hybridized carbons (Fsp3) is 0.357. The van der Waals surface area contributed by atoms with E-state index in [0.29, 0.717) is 17.8 Å². The molecule has 1 amide bonds. The van der Waals surface area contributed by atoms with E-state index >= 15 is 0 Å². The van der Waals surface area contributed by atoms with Crippen molar-refractivity contribution in [2.24, 2.45) is 0 Å². The molecule has 0 saturated carbocycles. The van der Waals surface area contributed by atoms with Gasteiger partial charge in [0.1, 0.15) is 5.82 Å². The van der Waals surface area contributed by atoms with Crippen LogP contribution in [0.25, 0.3) is 11.0 Å². The van der Waals surface area contributed by atoms with Crippen molar-refractivity contribution in [1.29, 1.82) is 0 Å². The number of nitrogens with zero attached hydrogens (tertiary/aromatic N) is 2. The highest BCUT2D eigenvalue weighted by Crippen LogP contribution is 2.17. The number of hydrogen-bond donors (Lipinski definition) is 2. The Morgan fingerprint density at radius 2 is 2.25 bits per heavy atom. The second kappa shape index (κ2) is 5.42. The summed E-state index contributed by atoms with van der Waals surface area (Å²) < 4.78 is 5.07. The maximum atomic E-state index is 12.3. The Balaban J connectivity index is 2.32. The molecule has 0 radical (unpaired) electrons. The summed E-state index contributed by atoms with van der Waals surface area (Å²) in [5, 5.41) is 3.65. The van der Waals surface area contributed by atoms with E-state index in [2.05, 4.69) is 15.3 Å². The number of methoxy groups -OCH3 is 1. The van der Waals surface area contributed by atoms with Crippen LogP contribution in [-0.4, -0.2) is 35.1 Å². The van der Waals surface area contributed by atoms with Crippen LogP contribution in [0.2, 0.25) is 0 Å². The molecule has 0 bridgehead atoms. The number of fused-ring (bicyclic) bond motifs is 1. The number of rotatable bonds is 4. The molecule has 3 N–H and O–H groups in total. The SMILES string of the molecule is COCC(C)(C)NC(=O)c1cc2cccnc2nc1N. The summed E-state index contributed by atoms with van der Waals surface area (Å²) in [6.45, 7) is 4.16. The Morgan fingerprint density at radius 1 is 1.50 bits per heavy atom. The van der Waals surface area contributed by atoms with E-state index < -0.39 is 5.54 Å². The monoisotopic (exact) mass is 274 g/mol. The van der Waals surface area contributed by atoms with Crippen LogP contribution in [0.1, 0.15) is 24.2 Å². The van der Waals surface area contributed by atoms with Gasteiger partial charge in [0.25, 0.3) is 5.91 Å². The summed E-state index contributed by atoms with van der Waals surface area (Å²) in [5.74, 6) is -0.107. The predicted molar refractivity (Wildman–Crippen MR) is 77.4 cm³/mol. The van der Waals surface area contributed by atoms with Crippen molar-refractivity contribution in [3.63, 3.8) is 0 Å². The molecule has 0 aliphatic heterocycles. The van der Waals surface area contributed by atoms with Gasteiger partial charge in [0.15, 0.2) is 5.65 Å². The Labute approximate surface area is 117 Å². The summed E-state index contributed by atoms with van der Waals surface area (Å²) in [5.41, 5.74) is 6.22. The second-order valence-corrected chi connectivity index (χ2v) is 5.24. The summed E-state index contributed by atoms with van der Waals surface area (Å²) in [7, 11) is 1.59. The molecule has 20 heavy (non-hydrogen) atoms. The van der Waals surface area contributed by atoms with Crippen LogP contribution in [0, 0.1) is 0 Å². The van der Waals surface area contributed by atoms with E-state index in [1.165, 1.54) is 0 Å². The van der Waals surface area contributed by atoms with Crippen LogP contribution < -0.4 is 11.1 Å². The molecule has 2 heterocycles. The molecule has 0 saturated heterocycles. The lowest BCUT2D eigenvalue weighted by molar-refractivity contribution is 0.0820. The van der Waals surface area contributed by atoms with Crippen LogP contribution >= 0.6 is 0 Å². The Kier molecular flexibility index (Phi) is 3.85. The molecule has 106 valence electrons. The number of anilines is 1. The largest absolute Gasteiger partial charge is 0.383 e. The molecule has 0 atom stereocenters. The summed E-state index contributed by atoms with van der Waals surface area (Å²) in [6, 6.07) is 5.32. The highest BCUT2D eigenvalue weighted by atomic mass is 16.5. The molecule has 0 aliphatic rings. The van der Waals surface area contributed by atoms with Crippen molar-refractivity contribution in [2.75, 3.05) is 19.5 Å². The number of carbonyl (C=O) groups excluding carboxylic acids is 1. The minimum atomic E-state index is -0.484. The lowest BCUT2D eigenvalue weighted by Crippen LogP contribution is -2.47. The molecule has 6 nitrogen and oxygen atoms in total. The number of aromatic nitrogens is 2. The average Bonchev–Trinajstić information content (AvgIpc) is 2.37. The number of pyridine rings is 2. The molecule has 2 aromatic heterocycles. The first-order valence-electron chi connectivity index (χ1n) is 6.25. The van der Waals surface area contributed by atoms with Gasteiger partial charge in [-0.25, -0.2) is 9.97 Å². The van der Waals surface area contributed by atoms with Gasteiger partial charge in [-0.3, -0.25) is 4.79 Å². The van der Waals surface area contributed by atoms with E-state index in [1.807, 2.05) is 19.9 Å². The number of carbonyl (C=O) groups is 1. The zero-order valence-corrected chi connectivity index (χ0v) is 11.8. The third-order valence-electron chi connectivity index (χ3n) is 2.82. The van der Waals surface area contributed by atoms with Gasteiger partial charge in [-0.1, -0.05) is 0 Å². The first kappa shape index (κ1) is 14.2. The van der Waals surface area contributed by atoms with Crippen LogP contribution in [0.15, 0.2) is 24.4 Å². The third kappa shape index (κ3) is 3.03. The lowest BCUT2D eigenvalue weighted by Gasteiger charge is -2.25. The quantitative estimate of drug-likeness (QED) is 0.878. The number of ether oxygens (including phenoxy) is 1. The lowest BCUT2D eigenvalue weighted by atomic mass is 10.1. The van der Waals surface area contributed by atoms with Crippen LogP contribution in [0.5, 0.6) is 0 Å². The fourth-order valence-corrected chi connectivity index (χ4v) is 1.97. The smallest absolute Gasteiger partial charge is 0.255 e. The topological polar surface area (TPSA) is 90.1 Å². The molecule has 2 aromatic rings. The van der Waals surface area contributed by atoms with Gasteiger partial charge in [0.2, 0.25) is 0 Å². The number of nitrogens with one attached hydrogen (secondary N) is 1. The van der Waals surface area contributed by atoms with E-state index in [-0.39, 0.29) is 11.7 Å². The van der Waals surface area contributed by atoms with E-state index in [4.69, 9.17) is 10.5 Å². The highest BCUT2D eigenvalue weighted by molar-refractivity contribution is 6.01. The Morgan fingerprint density at radius 3 is 2.95 bits per heavy atom. The molecule has 0 spiro atoms. The summed E-state index contributed by atoms with van der Waals surface area (Å²) >= 11 is 0. The van der Waals surface area contributed by atoms with Crippen molar-refractivity contribution in [1.82, 2.24) is 15.3 Å². The van der Waals surface area contributed by atoms with Crippen molar-refractivity contribution in [3.05, 3.63) is 30.0 Å². The zero-order chi connectivity index (χ0) is 14.8. The van der Waals surface area contributed by atoms with Crippen LogP contribution in [-0.2, 0) is 4.74 Å². The fourth-order valence-electron chi connectivity index (χ4n) is 1.97. The molecule has 0 unspecified atom stereocenters. The number of hydrogen-bond acceptors (Lipinski definition) is 5. The minimum absolute atomic E-state index is 0.168. The molecule has 0 fully saturated rings. The standard InChI is InChI=1S/C14H18N4O2/c1-14(2,8-20-3)18-13(19)10-7-9-5-4-6-16-12(9)17-11(10)15/h4-7H,8H2,1-3H3,(H,18,19)(H2,15,16,17). The Hall–Kier alpha value is -2.21. The van der Waals surface area contributed by atoms with Crippen LogP contribution in [0.4, 0.5) is 5.82 Å². The maximum Gasteiger partial charge on any atom is 0.255 e. The molecule has 0 aromatic carbocycles. The van der Waals surface area contributed by atoms with E-state index in [9.17, 15) is 4.79 Å². The minimum Gasteiger partial charge on any atom is -0.383 e. The molecule has 0 aliphatic carbocycles. The molecular formula is C14H18N4O2. The normalized spacial score (nSPS) is 11.6. The number of nitrogen functional groups attached to an aromatic ring is 1. The summed E-state index contributed by atoms with van der Waals surface area (Å²) in [4.78, 5) is 20.5.